The van der Waals surface area contributed by atoms with Crippen molar-refractivity contribution in [3.8, 4) is 11.5 Å². The molecule has 5 nitrogen and oxygen atoms in total. The van der Waals surface area contributed by atoms with E-state index in [2.05, 4.69) is 10.5 Å². The van der Waals surface area contributed by atoms with Crippen molar-refractivity contribution in [3.63, 3.8) is 0 Å². The molecule has 0 saturated heterocycles. The number of nitrogens with one attached hydrogen (secondary N) is 1. The van der Waals surface area contributed by atoms with Crippen LogP contribution in [0.2, 0.25) is 0 Å². The van der Waals surface area contributed by atoms with Gasteiger partial charge >= 0.3 is 0 Å². The zero-order valence-electron chi connectivity index (χ0n) is 14.0. The number of hydrazone groups is 1. The molecule has 0 unspecified atom stereocenters. The fourth-order valence-electron chi connectivity index (χ4n) is 2.52. The first-order chi connectivity index (χ1) is 12.1. The summed E-state index contributed by atoms with van der Waals surface area (Å²) in [6.45, 7) is 1.79. The number of ether oxygens (including phenoxy) is 1. The van der Waals surface area contributed by atoms with Crippen LogP contribution in [0, 0.1) is 0 Å². The van der Waals surface area contributed by atoms with Crippen molar-refractivity contribution in [1.29, 1.82) is 0 Å². The van der Waals surface area contributed by atoms with Gasteiger partial charge in [0.05, 0.1) is 18.4 Å². The molecule has 0 spiro atoms. The molecule has 0 saturated carbocycles. The number of nitrogens with zero attached hydrogens (tertiary/aromatic N) is 1. The molecule has 0 aliphatic carbocycles. The summed E-state index contributed by atoms with van der Waals surface area (Å²) >= 11 is 0. The Morgan fingerprint density at radius 2 is 1.76 bits per heavy atom. The summed E-state index contributed by atoms with van der Waals surface area (Å²) in [6.07, 6.45) is 0. The van der Waals surface area contributed by atoms with Crippen LogP contribution in [-0.4, -0.2) is 23.8 Å². The number of phenols is 1. The van der Waals surface area contributed by atoms with Crippen LogP contribution in [0.5, 0.6) is 11.5 Å². The van der Waals surface area contributed by atoms with Gasteiger partial charge in [0.1, 0.15) is 11.5 Å². The van der Waals surface area contributed by atoms with E-state index in [1.165, 1.54) is 0 Å². The Morgan fingerprint density at radius 1 is 1.04 bits per heavy atom. The summed E-state index contributed by atoms with van der Waals surface area (Å²) in [5, 5.41) is 16.0. The molecule has 0 radical (unpaired) electrons. The minimum absolute atomic E-state index is 0.0783. The van der Waals surface area contributed by atoms with Crippen molar-refractivity contribution >= 4 is 22.4 Å². The standard InChI is InChI=1S/C20H18N2O3/c1-13(14-8-5-9-17(10-14)25-2)21-22-20(24)18-11-15-6-3-4-7-16(15)12-19(18)23/h3-12,23H,1-2H3,(H,22,24). The lowest BCUT2D eigenvalue weighted by Gasteiger charge is -2.07. The van der Waals surface area contributed by atoms with Gasteiger partial charge in [-0.3, -0.25) is 4.79 Å². The Hall–Kier alpha value is -3.34. The van der Waals surface area contributed by atoms with Crippen LogP contribution < -0.4 is 10.2 Å². The molecule has 0 aliphatic heterocycles. The maximum absolute atomic E-state index is 12.4. The molecule has 0 aliphatic rings. The number of fused-ring (bicyclic) bond motifs is 1. The van der Waals surface area contributed by atoms with E-state index in [0.717, 1.165) is 16.3 Å². The highest BCUT2D eigenvalue weighted by molar-refractivity contribution is 6.03. The van der Waals surface area contributed by atoms with Crippen molar-refractivity contribution in [2.24, 2.45) is 5.10 Å². The summed E-state index contributed by atoms with van der Waals surface area (Å²) in [7, 11) is 1.59. The highest BCUT2D eigenvalue weighted by Gasteiger charge is 2.12. The monoisotopic (exact) mass is 334 g/mol. The Kier molecular flexibility index (Phi) is 4.66. The highest BCUT2D eigenvalue weighted by atomic mass is 16.5. The molecule has 3 rings (SSSR count). The van der Waals surface area contributed by atoms with Crippen LogP contribution in [0.4, 0.5) is 0 Å². The molecule has 0 bridgehead atoms. The van der Waals surface area contributed by atoms with Crippen molar-refractivity contribution < 1.29 is 14.6 Å². The van der Waals surface area contributed by atoms with E-state index in [-0.39, 0.29) is 11.3 Å². The zero-order chi connectivity index (χ0) is 17.8. The number of hydrogen-bond donors (Lipinski definition) is 2. The van der Waals surface area contributed by atoms with E-state index >= 15 is 0 Å². The van der Waals surface area contributed by atoms with Gasteiger partial charge in [0.2, 0.25) is 0 Å². The molecule has 1 amide bonds. The van der Waals surface area contributed by atoms with Gasteiger partial charge in [-0.2, -0.15) is 5.10 Å². The van der Waals surface area contributed by atoms with E-state index in [4.69, 9.17) is 4.74 Å². The normalized spacial score (nSPS) is 11.4. The van der Waals surface area contributed by atoms with Crippen LogP contribution in [0.1, 0.15) is 22.8 Å². The van der Waals surface area contributed by atoms with Crippen LogP contribution in [0.3, 0.4) is 0 Å². The van der Waals surface area contributed by atoms with Gasteiger partial charge in [0.25, 0.3) is 5.91 Å². The average Bonchev–Trinajstić information content (AvgIpc) is 2.65. The molecule has 5 heteroatoms. The Bertz CT molecular complexity index is 964. The second-order valence-electron chi connectivity index (χ2n) is 5.59. The largest absolute Gasteiger partial charge is 0.507 e. The Labute approximate surface area is 145 Å². The van der Waals surface area contributed by atoms with Crippen LogP contribution in [0.15, 0.2) is 65.8 Å². The number of hydrogen-bond acceptors (Lipinski definition) is 4. The topological polar surface area (TPSA) is 70.9 Å². The number of rotatable bonds is 4. The van der Waals surface area contributed by atoms with Gasteiger partial charge in [-0.15, -0.1) is 0 Å². The molecule has 0 atom stereocenters. The number of carbonyl (C=O) groups is 1. The van der Waals surface area contributed by atoms with Gasteiger partial charge in [-0.1, -0.05) is 36.4 Å². The molecule has 0 heterocycles. The van der Waals surface area contributed by atoms with Crippen molar-refractivity contribution in [2.75, 3.05) is 7.11 Å². The summed E-state index contributed by atoms with van der Waals surface area (Å²) in [6, 6.07) is 18.1. The van der Waals surface area contributed by atoms with Crippen molar-refractivity contribution in [3.05, 3.63) is 71.8 Å². The lowest BCUT2D eigenvalue weighted by Crippen LogP contribution is -2.19. The van der Waals surface area contributed by atoms with E-state index < -0.39 is 5.91 Å². The van der Waals surface area contributed by atoms with E-state index in [1.54, 1.807) is 26.2 Å². The number of phenolic OH excluding ortho intramolecular Hbond substituents is 1. The second-order valence-corrected chi connectivity index (χ2v) is 5.59. The lowest BCUT2D eigenvalue weighted by molar-refractivity contribution is 0.0952. The Balaban J connectivity index is 1.83. The highest BCUT2D eigenvalue weighted by Crippen LogP contribution is 2.24. The average molecular weight is 334 g/mol. The number of benzene rings is 3. The third-order valence-electron chi connectivity index (χ3n) is 3.92. The minimum atomic E-state index is -0.467. The molecule has 126 valence electrons. The molecule has 0 aromatic heterocycles. The molecule has 25 heavy (non-hydrogen) atoms. The first-order valence-corrected chi connectivity index (χ1v) is 7.79. The predicted octanol–water partition coefficient (Wildman–Crippen LogP) is 3.71. The quantitative estimate of drug-likeness (QED) is 0.564. The molecular weight excluding hydrogens is 316 g/mol. The van der Waals surface area contributed by atoms with Crippen LogP contribution in [-0.2, 0) is 0 Å². The number of aromatic hydroxyl groups is 1. The molecule has 3 aromatic carbocycles. The summed E-state index contributed by atoms with van der Waals surface area (Å²) in [5.74, 6) is 0.168. The Morgan fingerprint density at radius 3 is 2.48 bits per heavy atom. The third-order valence-corrected chi connectivity index (χ3v) is 3.92. The van der Waals surface area contributed by atoms with Gasteiger partial charge in [-0.05, 0) is 42.0 Å². The fourth-order valence-corrected chi connectivity index (χ4v) is 2.52. The maximum atomic E-state index is 12.4. The maximum Gasteiger partial charge on any atom is 0.275 e. The minimum Gasteiger partial charge on any atom is -0.507 e. The first kappa shape index (κ1) is 16.5. The summed E-state index contributed by atoms with van der Waals surface area (Å²) < 4.78 is 5.18. The summed E-state index contributed by atoms with van der Waals surface area (Å²) in [5.41, 5.74) is 4.14. The van der Waals surface area contributed by atoms with Crippen molar-refractivity contribution in [1.82, 2.24) is 5.43 Å². The lowest BCUT2D eigenvalue weighted by atomic mass is 10.1. The smallest absolute Gasteiger partial charge is 0.275 e. The van der Waals surface area contributed by atoms with Gasteiger partial charge in [0, 0.05) is 5.56 Å². The number of methoxy groups -OCH3 is 1. The molecule has 3 aromatic rings. The number of amides is 1. The van der Waals surface area contributed by atoms with Gasteiger partial charge < -0.3 is 9.84 Å². The molecule has 2 N–H and O–H groups in total. The zero-order valence-corrected chi connectivity index (χ0v) is 14.0. The summed E-state index contributed by atoms with van der Waals surface area (Å²) in [4.78, 5) is 12.4. The first-order valence-electron chi connectivity index (χ1n) is 7.79. The van der Waals surface area contributed by atoms with E-state index in [1.807, 2.05) is 48.5 Å². The predicted molar refractivity (Wildman–Crippen MR) is 98.3 cm³/mol. The third kappa shape index (κ3) is 3.61. The second kappa shape index (κ2) is 7.05. The number of carbonyl (C=O) groups excluding carboxylic acids is 1. The van der Waals surface area contributed by atoms with Crippen LogP contribution in [0.25, 0.3) is 10.8 Å². The van der Waals surface area contributed by atoms with Gasteiger partial charge in [0.15, 0.2) is 0 Å². The van der Waals surface area contributed by atoms with E-state index in [9.17, 15) is 9.90 Å². The fraction of sp³-hybridized carbons (Fsp3) is 0.100. The SMILES string of the molecule is COc1cccc(C(C)=NNC(=O)c2cc3ccccc3cc2O)c1. The van der Waals surface area contributed by atoms with Crippen LogP contribution >= 0.6 is 0 Å². The van der Waals surface area contributed by atoms with E-state index in [0.29, 0.717) is 11.5 Å². The van der Waals surface area contributed by atoms with Gasteiger partial charge in [-0.25, -0.2) is 5.43 Å². The molecule has 0 fully saturated rings. The van der Waals surface area contributed by atoms with Crippen molar-refractivity contribution in [2.45, 2.75) is 6.92 Å². The molecular formula is C20H18N2O3.